The summed E-state index contributed by atoms with van der Waals surface area (Å²) >= 11 is 0. The Balaban J connectivity index is 1.12. The van der Waals surface area contributed by atoms with Crippen LogP contribution in [-0.4, -0.2) is 4.57 Å². The first kappa shape index (κ1) is 28.9. The molecule has 2 heterocycles. The van der Waals surface area contributed by atoms with E-state index in [0.29, 0.717) is 0 Å². The van der Waals surface area contributed by atoms with Gasteiger partial charge in [0.05, 0.1) is 5.52 Å². The van der Waals surface area contributed by atoms with Gasteiger partial charge in [-0.25, -0.2) is 0 Å². The van der Waals surface area contributed by atoms with Crippen LogP contribution in [0, 0.1) is 13.8 Å². The van der Waals surface area contributed by atoms with Crippen molar-refractivity contribution in [1.82, 2.24) is 4.57 Å². The fourth-order valence-electron chi connectivity index (χ4n) is 7.21. The highest BCUT2D eigenvalue weighted by Crippen LogP contribution is 2.40. The number of para-hydroxylation sites is 3. The van der Waals surface area contributed by atoms with Crippen molar-refractivity contribution in [1.29, 1.82) is 0 Å². The van der Waals surface area contributed by atoms with Gasteiger partial charge in [-0.15, -0.1) is 0 Å². The number of aromatic nitrogens is 1. The Hall–Kier alpha value is -6.32. The lowest BCUT2D eigenvalue weighted by Gasteiger charge is -2.26. The van der Waals surface area contributed by atoms with Gasteiger partial charge in [0.2, 0.25) is 0 Å². The van der Waals surface area contributed by atoms with Crippen LogP contribution in [0.4, 0.5) is 17.1 Å². The number of furan rings is 1. The fraction of sp³-hybridized carbons (Fsp3) is 0.0435. The van der Waals surface area contributed by atoms with Crippen LogP contribution in [-0.2, 0) is 0 Å². The first-order valence-corrected chi connectivity index (χ1v) is 16.8. The maximum atomic E-state index is 6.17. The Morgan fingerprint density at radius 1 is 0.510 bits per heavy atom. The van der Waals surface area contributed by atoms with Crippen LogP contribution >= 0.6 is 0 Å². The number of rotatable bonds is 6. The zero-order valence-electron chi connectivity index (χ0n) is 27.5. The summed E-state index contributed by atoms with van der Waals surface area (Å²) in [4.78, 5) is 2.33. The normalized spacial score (nSPS) is 11.8. The van der Waals surface area contributed by atoms with E-state index in [-0.39, 0.29) is 0 Å². The van der Waals surface area contributed by atoms with E-state index >= 15 is 0 Å². The molecule has 0 aliphatic rings. The maximum Gasteiger partial charge on any atom is 0.135 e. The monoisotopic (exact) mass is 630 g/mol. The predicted octanol–water partition coefficient (Wildman–Crippen LogP) is 12.9. The SMILES string of the molecule is Cc1c(C)n(-c2ccccc2)c2c(C=Cc3ccc(N(c4ccc5ccccc5c4)c4ccc5oc6ccccc6c5c4)cc3)cccc12. The molecule has 0 saturated carbocycles. The molecule has 234 valence electrons. The summed E-state index contributed by atoms with van der Waals surface area (Å²) in [5.41, 5.74) is 12.4. The van der Waals surface area contributed by atoms with Crippen LogP contribution in [0.5, 0.6) is 0 Å². The summed E-state index contributed by atoms with van der Waals surface area (Å²) in [7, 11) is 0. The highest BCUT2D eigenvalue weighted by Gasteiger charge is 2.17. The van der Waals surface area contributed by atoms with Gasteiger partial charge in [0.1, 0.15) is 11.2 Å². The van der Waals surface area contributed by atoms with Gasteiger partial charge in [0.25, 0.3) is 0 Å². The molecule has 0 aliphatic carbocycles. The Morgan fingerprint density at radius 3 is 2.04 bits per heavy atom. The number of nitrogens with zero attached hydrogens (tertiary/aromatic N) is 2. The van der Waals surface area contributed by atoms with E-state index in [1.54, 1.807) is 0 Å². The Labute approximate surface area is 285 Å². The van der Waals surface area contributed by atoms with Crippen molar-refractivity contribution in [2.24, 2.45) is 0 Å². The minimum atomic E-state index is 0.891. The van der Waals surface area contributed by atoms with Gasteiger partial charge in [-0.3, -0.25) is 0 Å². The fourth-order valence-corrected chi connectivity index (χ4v) is 7.21. The lowest BCUT2D eigenvalue weighted by atomic mass is 10.1. The topological polar surface area (TPSA) is 21.3 Å². The van der Waals surface area contributed by atoms with Crippen molar-refractivity contribution in [2.45, 2.75) is 13.8 Å². The smallest absolute Gasteiger partial charge is 0.135 e. The van der Waals surface area contributed by atoms with Gasteiger partial charge in [0.15, 0.2) is 0 Å². The average Bonchev–Trinajstić information content (AvgIpc) is 3.65. The molecule has 9 aromatic rings. The zero-order chi connectivity index (χ0) is 32.9. The molecule has 0 aliphatic heterocycles. The molecular formula is C46H34N2O. The van der Waals surface area contributed by atoms with E-state index in [1.165, 1.54) is 44.2 Å². The summed E-state index contributed by atoms with van der Waals surface area (Å²) in [6, 6.07) is 56.0. The van der Waals surface area contributed by atoms with Crippen LogP contribution in [0.2, 0.25) is 0 Å². The van der Waals surface area contributed by atoms with Crippen LogP contribution < -0.4 is 4.90 Å². The van der Waals surface area contributed by atoms with Crippen molar-refractivity contribution in [3.63, 3.8) is 0 Å². The highest BCUT2D eigenvalue weighted by molar-refractivity contribution is 6.06. The zero-order valence-corrected chi connectivity index (χ0v) is 27.5. The quantitative estimate of drug-likeness (QED) is 0.171. The van der Waals surface area contributed by atoms with Gasteiger partial charge >= 0.3 is 0 Å². The summed E-state index contributed by atoms with van der Waals surface area (Å²) in [6.45, 7) is 4.43. The first-order chi connectivity index (χ1) is 24.1. The second-order valence-electron chi connectivity index (χ2n) is 12.7. The number of aryl methyl sites for hydroxylation is 1. The molecule has 0 N–H and O–H groups in total. The van der Waals surface area contributed by atoms with Crippen molar-refractivity contribution in [3.05, 3.63) is 180 Å². The second kappa shape index (κ2) is 11.7. The minimum Gasteiger partial charge on any atom is -0.456 e. The van der Waals surface area contributed by atoms with E-state index in [1.807, 2.05) is 12.1 Å². The minimum absolute atomic E-state index is 0.891. The van der Waals surface area contributed by atoms with E-state index in [9.17, 15) is 0 Å². The number of fused-ring (bicyclic) bond motifs is 5. The standard InChI is InChI=1S/C46H34N2O/c1-31-32(2)47(37-14-4-3-5-15-37)46-35(13-10-17-41(31)46)22-19-33-20-24-38(25-21-33)48(39-26-23-34-11-6-7-12-36(34)29-39)40-27-28-45-43(30-40)42-16-8-9-18-44(42)49-45/h3-30H,1-2H3. The Morgan fingerprint density at radius 2 is 1.18 bits per heavy atom. The molecule has 0 atom stereocenters. The summed E-state index contributed by atoms with van der Waals surface area (Å²) in [6.07, 6.45) is 4.46. The summed E-state index contributed by atoms with van der Waals surface area (Å²) < 4.78 is 8.56. The number of hydrogen-bond acceptors (Lipinski definition) is 2. The Bertz CT molecular complexity index is 2680. The molecular weight excluding hydrogens is 597 g/mol. The lowest BCUT2D eigenvalue weighted by molar-refractivity contribution is 0.669. The molecule has 0 saturated heterocycles. The molecule has 3 nitrogen and oxygen atoms in total. The molecule has 0 radical (unpaired) electrons. The molecule has 7 aromatic carbocycles. The molecule has 2 aromatic heterocycles. The third-order valence-corrected chi connectivity index (χ3v) is 9.80. The third-order valence-electron chi connectivity index (χ3n) is 9.80. The number of anilines is 3. The number of hydrogen-bond donors (Lipinski definition) is 0. The number of benzene rings is 7. The average molecular weight is 631 g/mol. The van der Waals surface area contributed by atoms with E-state index in [4.69, 9.17) is 4.42 Å². The molecule has 0 unspecified atom stereocenters. The van der Waals surface area contributed by atoms with Gasteiger partial charge in [0, 0.05) is 44.6 Å². The van der Waals surface area contributed by atoms with Crippen LogP contribution in [0.25, 0.3) is 61.5 Å². The van der Waals surface area contributed by atoms with Crippen molar-refractivity contribution in [3.8, 4) is 5.69 Å². The van der Waals surface area contributed by atoms with Gasteiger partial charge < -0.3 is 13.9 Å². The molecule has 0 spiro atoms. The molecule has 0 fully saturated rings. The van der Waals surface area contributed by atoms with Gasteiger partial charge in [-0.05, 0) is 102 Å². The third kappa shape index (κ3) is 4.99. The second-order valence-corrected chi connectivity index (χ2v) is 12.7. The van der Waals surface area contributed by atoms with E-state index in [2.05, 4.69) is 181 Å². The van der Waals surface area contributed by atoms with Gasteiger partial charge in [-0.2, -0.15) is 0 Å². The first-order valence-electron chi connectivity index (χ1n) is 16.8. The van der Waals surface area contributed by atoms with Crippen molar-refractivity contribution < 1.29 is 4.42 Å². The van der Waals surface area contributed by atoms with Crippen LogP contribution in [0.15, 0.2) is 162 Å². The van der Waals surface area contributed by atoms with Crippen molar-refractivity contribution in [2.75, 3.05) is 4.90 Å². The predicted molar refractivity (Wildman–Crippen MR) is 208 cm³/mol. The van der Waals surface area contributed by atoms with Crippen LogP contribution in [0.1, 0.15) is 22.4 Å². The lowest BCUT2D eigenvalue weighted by Crippen LogP contribution is -2.09. The molecule has 49 heavy (non-hydrogen) atoms. The summed E-state index contributed by atoms with van der Waals surface area (Å²) in [5.74, 6) is 0. The molecule has 0 bridgehead atoms. The molecule has 0 amide bonds. The van der Waals surface area contributed by atoms with E-state index in [0.717, 1.165) is 44.6 Å². The Kier molecular flexibility index (Phi) is 6.91. The largest absolute Gasteiger partial charge is 0.456 e. The van der Waals surface area contributed by atoms with Gasteiger partial charge in [-0.1, -0.05) is 109 Å². The molecule has 3 heteroatoms. The molecule has 9 rings (SSSR count). The van der Waals surface area contributed by atoms with Crippen LogP contribution in [0.3, 0.4) is 0 Å². The summed E-state index contributed by atoms with van der Waals surface area (Å²) in [5, 5.41) is 5.95. The highest BCUT2D eigenvalue weighted by atomic mass is 16.3. The maximum absolute atomic E-state index is 6.17. The van der Waals surface area contributed by atoms with Crippen molar-refractivity contribution >= 4 is 72.8 Å². The van der Waals surface area contributed by atoms with E-state index < -0.39 is 0 Å².